The van der Waals surface area contributed by atoms with Gasteiger partial charge in [0.25, 0.3) is 5.91 Å². The van der Waals surface area contributed by atoms with Crippen molar-refractivity contribution in [1.29, 1.82) is 0 Å². The molecule has 0 bridgehead atoms. The molecule has 7 heteroatoms. The highest BCUT2D eigenvalue weighted by Gasteiger charge is 2.34. The number of alkyl halides is 3. The highest BCUT2D eigenvalue weighted by molar-refractivity contribution is 6.15. The minimum Gasteiger partial charge on any atom is -0.397 e. The summed E-state index contributed by atoms with van der Waals surface area (Å²) in [4.78, 5) is 11.9. The van der Waals surface area contributed by atoms with Crippen molar-refractivity contribution < 1.29 is 18.0 Å². The largest absolute Gasteiger partial charge is 0.416 e. The van der Waals surface area contributed by atoms with Gasteiger partial charge in [-0.3, -0.25) is 4.79 Å². The molecule has 0 saturated heterocycles. The molecule has 2 N–H and O–H groups in total. The lowest BCUT2D eigenvalue weighted by Gasteiger charge is -2.16. The van der Waals surface area contributed by atoms with E-state index in [1.165, 1.54) is 0 Å². The molecule has 0 radical (unpaired) electrons. The third-order valence-corrected chi connectivity index (χ3v) is 3.05. The molecule has 1 heterocycles. The van der Waals surface area contributed by atoms with Crippen LogP contribution in [0.3, 0.4) is 0 Å². The molecule has 0 saturated carbocycles. The van der Waals surface area contributed by atoms with E-state index in [1.807, 2.05) is 0 Å². The molecule has 1 aromatic rings. The number of carbonyl (C=O) groups excluding carboxylic acids is 1. The van der Waals surface area contributed by atoms with E-state index in [0.29, 0.717) is 5.71 Å². The zero-order chi connectivity index (χ0) is 14.4. The summed E-state index contributed by atoms with van der Waals surface area (Å²) in [6.45, 7) is 3.37. The minimum atomic E-state index is -4.46. The van der Waals surface area contributed by atoms with Crippen LogP contribution in [0.25, 0.3) is 0 Å². The van der Waals surface area contributed by atoms with Gasteiger partial charge in [-0.1, -0.05) is 0 Å². The average Bonchev–Trinajstić information content (AvgIpc) is 2.56. The van der Waals surface area contributed by atoms with Crippen LogP contribution in [-0.4, -0.2) is 11.6 Å². The van der Waals surface area contributed by atoms with Gasteiger partial charge in [-0.25, -0.2) is 0 Å². The number of benzene rings is 1. The van der Waals surface area contributed by atoms with Crippen LogP contribution in [0.5, 0.6) is 0 Å². The lowest BCUT2D eigenvalue weighted by molar-refractivity contribution is -0.137. The van der Waals surface area contributed by atoms with E-state index in [4.69, 9.17) is 5.73 Å². The van der Waals surface area contributed by atoms with E-state index in [-0.39, 0.29) is 23.2 Å². The summed E-state index contributed by atoms with van der Waals surface area (Å²) in [5, 5.41) is 5.06. The number of hydrazone groups is 1. The van der Waals surface area contributed by atoms with Gasteiger partial charge in [0.2, 0.25) is 0 Å². The van der Waals surface area contributed by atoms with Gasteiger partial charge in [0.05, 0.1) is 22.9 Å². The Morgan fingerprint density at radius 3 is 2.42 bits per heavy atom. The Labute approximate surface area is 107 Å². The lowest BCUT2D eigenvalue weighted by atomic mass is 10.1. The second-order valence-electron chi connectivity index (χ2n) is 4.38. The maximum absolute atomic E-state index is 12.5. The molecule has 2 rings (SSSR count). The van der Waals surface area contributed by atoms with Crippen molar-refractivity contribution in [1.82, 2.24) is 0 Å². The second-order valence-corrected chi connectivity index (χ2v) is 4.38. The van der Waals surface area contributed by atoms with Crippen LogP contribution in [0.4, 0.5) is 24.5 Å². The fourth-order valence-electron chi connectivity index (χ4n) is 1.75. The normalized spacial score (nSPS) is 19.8. The maximum atomic E-state index is 12.5. The molecule has 1 aliphatic heterocycles. The number of rotatable bonds is 1. The molecular weight excluding hydrogens is 259 g/mol. The molecule has 0 fully saturated rings. The van der Waals surface area contributed by atoms with Gasteiger partial charge in [-0.2, -0.15) is 23.3 Å². The van der Waals surface area contributed by atoms with Crippen LogP contribution in [-0.2, 0) is 11.0 Å². The first kappa shape index (κ1) is 13.4. The Bertz CT molecular complexity index is 566. The molecule has 1 aliphatic rings. The monoisotopic (exact) mass is 271 g/mol. The first-order valence-corrected chi connectivity index (χ1v) is 5.57. The van der Waals surface area contributed by atoms with Crippen LogP contribution in [0.1, 0.15) is 19.4 Å². The number of hydrogen-bond donors (Lipinski definition) is 1. The molecule has 0 aromatic heterocycles. The Hall–Kier alpha value is -2.05. The summed E-state index contributed by atoms with van der Waals surface area (Å²) < 4.78 is 37.5. The van der Waals surface area contributed by atoms with Crippen LogP contribution in [0.15, 0.2) is 23.3 Å². The quantitative estimate of drug-likeness (QED) is 0.798. The number of nitrogen functional groups attached to an aromatic ring is 1. The fourth-order valence-corrected chi connectivity index (χ4v) is 1.75. The van der Waals surface area contributed by atoms with Gasteiger partial charge in [0, 0.05) is 5.71 Å². The van der Waals surface area contributed by atoms with E-state index in [2.05, 4.69) is 5.10 Å². The molecule has 1 unspecified atom stereocenters. The summed E-state index contributed by atoms with van der Waals surface area (Å²) in [7, 11) is 0. The van der Waals surface area contributed by atoms with Crippen molar-refractivity contribution >= 4 is 23.0 Å². The van der Waals surface area contributed by atoms with Crippen molar-refractivity contribution in [3.05, 3.63) is 23.8 Å². The summed E-state index contributed by atoms with van der Waals surface area (Å²) in [6, 6.07) is 2.84. The van der Waals surface area contributed by atoms with Crippen LogP contribution < -0.4 is 10.7 Å². The molecule has 0 aliphatic carbocycles. The van der Waals surface area contributed by atoms with E-state index < -0.39 is 11.7 Å². The van der Waals surface area contributed by atoms with E-state index >= 15 is 0 Å². The van der Waals surface area contributed by atoms with Crippen molar-refractivity contribution in [3.8, 4) is 0 Å². The third-order valence-electron chi connectivity index (χ3n) is 3.05. The highest BCUT2D eigenvalue weighted by atomic mass is 19.4. The summed E-state index contributed by atoms with van der Waals surface area (Å²) in [5.41, 5.74) is 5.37. The maximum Gasteiger partial charge on any atom is 0.416 e. The first-order valence-electron chi connectivity index (χ1n) is 5.57. The fraction of sp³-hybridized carbons (Fsp3) is 0.333. The number of halogens is 3. The summed E-state index contributed by atoms with van der Waals surface area (Å²) >= 11 is 0. The van der Waals surface area contributed by atoms with Gasteiger partial charge in [-0.05, 0) is 32.0 Å². The Morgan fingerprint density at radius 2 is 2.00 bits per heavy atom. The first-order chi connectivity index (χ1) is 8.71. The Balaban J connectivity index is 2.41. The van der Waals surface area contributed by atoms with Crippen LogP contribution in [0, 0.1) is 5.92 Å². The van der Waals surface area contributed by atoms with Gasteiger partial charge < -0.3 is 5.73 Å². The standard InChI is InChI=1S/C12H12F3N3O/c1-6-7(2)17-18(11(6)19)10-4-3-8(5-9(10)16)12(13,14)15/h3-6H,16H2,1-2H3. The van der Waals surface area contributed by atoms with Crippen molar-refractivity contribution in [2.45, 2.75) is 20.0 Å². The van der Waals surface area contributed by atoms with Crippen molar-refractivity contribution in [3.63, 3.8) is 0 Å². The van der Waals surface area contributed by atoms with Gasteiger partial charge in [0.1, 0.15) is 0 Å². The predicted molar refractivity (Wildman–Crippen MR) is 65.6 cm³/mol. The smallest absolute Gasteiger partial charge is 0.397 e. The van der Waals surface area contributed by atoms with Crippen LogP contribution in [0.2, 0.25) is 0 Å². The predicted octanol–water partition coefficient (Wildman–Crippen LogP) is 2.65. The molecule has 0 spiro atoms. The number of hydrogen-bond acceptors (Lipinski definition) is 3. The van der Waals surface area contributed by atoms with Gasteiger partial charge >= 0.3 is 6.18 Å². The topological polar surface area (TPSA) is 58.7 Å². The number of nitrogens with zero attached hydrogens (tertiary/aromatic N) is 2. The lowest BCUT2D eigenvalue weighted by Crippen LogP contribution is -2.26. The van der Waals surface area contributed by atoms with Gasteiger partial charge in [0.15, 0.2) is 0 Å². The zero-order valence-electron chi connectivity index (χ0n) is 10.3. The molecule has 4 nitrogen and oxygen atoms in total. The molecule has 1 atom stereocenters. The van der Waals surface area contributed by atoms with E-state index in [1.54, 1.807) is 13.8 Å². The molecular formula is C12H12F3N3O. The Morgan fingerprint density at radius 1 is 1.37 bits per heavy atom. The Kier molecular flexibility index (Phi) is 3.00. The molecule has 1 aromatic carbocycles. The summed E-state index contributed by atoms with van der Waals surface area (Å²) in [6.07, 6.45) is -4.46. The zero-order valence-corrected chi connectivity index (χ0v) is 10.3. The average molecular weight is 271 g/mol. The molecule has 102 valence electrons. The summed E-state index contributed by atoms with van der Waals surface area (Å²) in [5.74, 6) is -0.689. The number of anilines is 2. The minimum absolute atomic E-state index is 0.131. The highest BCUT2D eigenvalue weighted by Crippen LogP contribution is 2.35. The number of carbonyl (C=O) groups is 1. The van der Waals surface area contributed by atoms with Crippen molar-refractivity contribution in [2.75, 3.05) is 10.7 Å². The number of amides is 1. The van der Waals surface area contributed by atoms with E-state index in [0.717, 1.165) is 23.2 Å². The van der Waals surface area contributed by atoms with Crippen molar-refractivity contribution in [2.24, 2.45) is 11.0 Å². The number of nitrogens with two attached hydrogens (primary N) is 1. The van der Waals surface area contributed by atoms with Gasteiger partial charge in [-0.15, -0.1) is 0 Å². The molecule has 1 amide bonds. The second kappa shape index (κ2) is 4.25. The van der Waals surface area contributed by atoms with E-state index in [9.17, 15) is 18.0 Å². The molecule has 19 heavy (non-hydrogen) atoms. The third kappa shape index (κ3) is 2.27. The van der Waals surface area contributed by atoms with Crippen LogP contribution >= 0.6 is 0 Å². The SMILES string of the molecule is CC1=NN(c2ccc(C(F)(F)F)cc2N)C(=O)C1C.